The molecule has 0 amide bonds. The Morgan fingerprint density at radius 3 is 2.07 bits per heavy atom. The van der Waals surface area contributed by atoms with Gasteiger partial charge in [-0.2, -0.15) is 0 Å². The molecule has 0 N–H and O–H groups in total. The van der Waals surface area contributed by atoms with Crippen LogP contribution in [-0.4, -0.2) is 5.16 Å². The van der Waals surface area contributed by atoms with Crippen molar-refractivity contribution in [1.82, 2.24) is 5.16 Å². The minimum Gasteiger partial charge on any atom is -0.355 e. The lowest BCUT2D eigenvalue weighted by atomic mass is 10.0. The highest BCUT2D eigenvalue weighted by Gasteiger charge is 2.12. The molecule has 0 saturated carbocycles. The van der Waals surface area contributed by atoms with E-state index in [2.05, 4.69) is 96.2 Å². The second kappa shape index (κ2) is 8.53. The Bertz CT molecular complexity index is 1040. The Balaban J connectivity index is 1.51. The Morgan fingerprint density at radius 2 is 1.36 bits per heavy atom. The molecule has 0 unspecified atom stereocenters. The quantitative estimate of drug-likeness (QED) is 0.369. The number of allylic oxidation sites excluding steroid dienone is 1. The summed E-state index contributed by atoms with van der Waals surface area (Å²) < 4.78 is 5.64. The number of aryl methyl sites for hydroxylation is 2. The Labute approximate surface area is 166 Å². The van der Waals surface area contributed by atoms with Gasteiger partial charge in [0.1, 0.15) is 0 Å². The zero-order valence-corrected chi connectivity index (χ0v) is 16.0. The van der Waals surface area contributed by atoms with Gasteiger partial charge in [-0.05, 0) is 36.5 Å². The van der Waals surface area contributed by atoms with Crippen LogP contribution in [0.4, 0.5) is 0 Å². The lowest BCUT2D eigenvalue weighted by molar-refractivity contribution is 0.427. The van der Waals surface area contributed by atoms with E-state index in [0.29, 0.717) is 0 Å². The zero-order chi connectivity index (χ0) is 19.2. The molecule has 0 atom stereocenters. The average Bonchev–Trinajstić information content (AvgIpc) is 3.13. The maximum atomic E-state index is 5.64. The van der Waals surface area contributed by atoms with Gasteiger partial charge in [0.25, 0.3) is 0 Å². The van der Waals surface area contributed by atoms with E-state index >= 15 is 0 Å². The lowest BCUT2D eigenvalue weighted by Crippen LogP contribution is -1.83. The summed E-state index contributed by atoms with van der Waals surface area (Å²) in [5, 5.41) is 4.18. The molecular formula is C26H23NO. The summed E-state index contributed by atoms with van der Waals surface area (Å²) in [6, 6.07) is 29.4. The summed E-state index contributed by atoms with van der Waals surface area (Å²) in [6.45, 7) is 1.99. The molecule has 0 bridgehead atoms. The highest BCUT2D eigenvalue weighted by Crippen LogP contribution is 2.29. The van der Waals surface area contributed by atoms with Crippen LogP contribution in [-0.2, 0) is 6.42 Å². The molecule has 0 spiro atoms. The van der Waals surface area contributed by atoms with Crippen LogP contribution in [0, 0.1) is 6.92 Å². The molecule has 1 heterocycles. The molecule has 2 nitrogen and oxygen atoms in total. The number of rotatable bonds is 6. The maximum absolute atomic E-state index is 5.64. The molecule has 0 aliphatic carbocycles. The van der Waals surface area contributed by atoms with Crippen molar-refractivity contribution in [2.75, 3.05) is 0 Å². The van der Waals surface area contributed by atoms with Crippen molar-refractivity contribution in [3.8, 4) is 22.5 Å². The van der Waals surface area contributed by atoms with Crippen molar-refractivity contribution in [2.45, 2.75) is 19.8 Å². The first-order valence-corrected chi connectivity index (χ1v) is 9.64. The predicted octanol–water partition coefficient (Wildman–Crippen LogP) is 6.96. The second-order valence-electron chi connectivity index (χ2n) is 6.88. The third kappa shape index (κ3) is 4.12. The van der Waals surface area contributed by atoms with Gasteiger partial charge in [0.2, 0.25) is 0 Å². The van der Waals surface area contributed by atoms with E-state index in [-0.39, 0.29) is 0 Å². The number of hydrogen-bond donors (Lipinski definition) is 0. The zero-order valence-electron chi connectivity index (χ0n) is 16.0. The summed E-state index contributed by atoms with van der Waals surface area (Å²) in [7, 11) is 0. The van der Waals surface area contributed by atoms with Gasteiger partial charge in [0.05, 0.1) is 5.69 Å². The van der Waals surface area contributed by atoms with Crippen LogP contribution in [0.25, 0.3) is 28.5 Å². The second-order valence-corrected chi connectivity index (χ2v) is 6.88. The van der Waals surface area contributed by atoms with Crippen LogP contribution in [0.2, 0.25) is 0 Å². The maximum Gasteiger partial charge on any atom is 0.174 e. The molecule has 0 radical (unpaired) electrons. The first-order valence-electron chi connectivity index (χ1n) is 9.64. The Morgan fingerprint density at radius 1 is 0.750 bits per heavy atom. The van der Waals surface area contributed by atoms with Crippen LogP contribution in [0.1, 0.15) is 23.2 Å². The fourth-order valence-electron chi connectivity index (χ4n) is 3.32. The lowest BCUT2D eigenvalue weighted by Gasteiger charge is -2.03. The van der Waals surface area contributed by atoms with E-state index in [1.54, 1.807) is 0 Å². The Kier molecular flexibility index (Phi) is 5.48. The minimum atomic E-state index is 0.827. The SMILES string of the molecule is Cc1noc(-c2ccc(-c3ccccc3)cc2)c1/C=C/CCc1ccccc1. The van der Waals surface area contributed by atoms with Gasteiger partial charge in [-0.3, -0.25) is 0 Å². The van der Waals surface area contributed by atoms with Crippen LogP contribution < -0.4 is 0 Å². The molecule has 4 aromatic rings. The normalized spacial score (nSPS) is 11.2. The van der Waals surface area contributed by atoms with Crippen LogP contribution in [0.3, 0.4) is 0 Å². The van der Waals surface area contributed by atoms with Crippen molar-refractivity contribution in [3.05, 3.63) is 108 Å². The van der Waals surface area contributed by atoms with E-state index < -0.39 is 0 Å². The molecule has 1 aromatic heterocycles. The molecule has 138 valence electrons. The van der Waals surface area contributed by atoms with Crippen molar-refractivity contribution < 1.29 is 4.52 Å². The van der Waals surface area contributed by atoms with Crippen LogP contribution in [0.15, 0.2) is 95.5 Å². The number of aromatic nitrogens is 1. The largest absolute Gasteiger partial charge is 0.355 e. The fraction of sp³-hybridized carbons (Fsp3) is 0.115. The average molecular weight is 365 g/mol. The van der Waals surface area contributed by atoms with Gasteiger partial charge in [-0.25, -0.2) is 0 Å². The number of benzene rings is 3. The first kappa shape index (κ1) is 18.0. The van der Waals surface area contributed by atoms with Gasteiger partial charge in [0.15, 0.2) is 5.76 Å². The minimum absolute atomic E-state index is 0.827. The van der Waals surface area contributed by atoms with Gasteiger partial charge >= 0.3 is 0 Å². The van der Waals surface area contributed by atoms with Gasteiger partial charge in [-0.15, -0.1) is 0 Å². The van der Waals surface area contributed by atoms with Gasteiger partial charge in [-0.1, -0.05) is 102 Å². The molecule has 0 aliphatic heterocycles. The smallest absolute Gasteiger partial charge is 0.174 e. The van der Waals surface area contributed by atoms with Gasteiger partial charge in [0, 0.05) is 11.1 Å². The molecule has 3 aromatic carbocycles. The van der Waals surface area contributed by atoms with Crippen molar-refractivity contribution in [1.29, 1.82) is 0 Å². The van der Waals surface area contributed by atoms with E-state index in [0.717, 1.165) is 35.4 Å². The molecular weight excluding hydrogens is 342 g/mol. The van der Waals surface area contributed by atoms with Crippen molar-refractivity contribution in [3.63, 3.8) is 0 Å². The first-order chi connectivity index (χ1) is 13.8. The highest BCUT2D eigenvalue weighted by molar-refractivity contribution is 5.74. The van der Waals surface area contributed by atoms with E-state index in [1.165, 1.54) is 16.7 Å². The van der Waals surface area contributed by atoms with E-state index in [1.807, 2.05) is 13.0 Å². The van der Waals surface area contributed by atoms with E-state index in [4.69, 9.17) is 4.52 Å². The fourth-order valence-corrected chi connectivity index (χ4v) is 3.32. The summed E-state index contributed by atoms with van der Waals surface area (Å²) in [5.74, 6) is 0.827. The van der Waals surface area contributed by atoms with Crippen LogP contribution >= 0.6 is 0 Å². The van der Waals surface area contributed by atoms with Crippen molar-refractivity contribution in [2.24, 2.45) is 0 Å². The van der Waals surface area contributed by atoms with E-state index in [9.17, 15) is 0 Å². The molecule has 28 heavy (non-hydrogen) atoms. The predicted molar refractivity (Wildman–Crippen MR) is 116 cm³/mol. The topological polar surface area (TPSA) is 26.0 Å². The summed E-state index contributed by atoms with van der Waals surface area (Å²) in [4.78, 5) is 0. The monoisotopic (exact) mass is 365 g/mol. The molecule has 4 rings (SSSR count). The molecule has 0 saturated heterocycles. The summed E-state index contributed by atoms with van der Waals surface area (Å²) in [6.07, 6.45) is 6.35. The highest BCUT2D eigenvalue weighted by atomic mass is 16.5. The number of hydrogen-bond acceptors (Lipinski definition) is 2. The summed E-state index contributed by atoms with van der Waals surface area (Å²) in [5.41, 5.74) is 6.77. The summed E-state index contributed by atoms with van der Waals surface area (Å²) >= 11 is 0. The van der Waals surface area contributed by atoms with Gasteiger partial charge < -0.3 is 4.52 Å². The third-order valence-corrected chi connectivity index (χ3v) is 4.89. The third-order valence-electron chi connectivity index (χ3n) is 4.89. The number of nitrogens with zero attached hydrogens (tertiary/aromatic N) is 1. The Hall–Kier alpha value is -3.39. The van der Waals surface area contributed by atoms with Crippen LogP contribution in [0.5, 0.6) is 0 Å². The standard InChI is InChI=1S/C26H23NO/c1-20-25(15-9-8-12-21-10-4-2-5-11-21)26(28-27-20)24-18-16-23(17-19-24)22-13-6-3-7-14-22/h2-7,9-11,13-19H,8,12H2,1H3/b15-9+. The molecule has 0 fully saturated rings. The van der Waals surface area contributed by atoms with Crippen molar-refractivity contribution >= 4 is 6.08 Å². The molecule has 2 heteroatoms. The molecule has 0 aliphatic rings.